The smallest absolute Gasteiger partial charge is 0.339 e. The van der Waals surface area contributed by atoms with E-state index in [1.165, 1.54) is 12.3 Å². The van der Waals surface area contributed by atoms with E-state index in [0.717, 1.165) is 15.5 Å². The highest BCUT2D eigenvalue weighted by molar-refractivity contribution is 7.80. The Morgan fingerprint density at radius 2 is 1.95 bits per heavy atom. The van der Waals surface area contributed by atoms with Crippen molar-refractivity contribution in [3.8, 4) is 5.75 Å². The third-order valence-corrected chi connectivity index (χ3v) is 3.18. The zero-order valence-electron chi connectivity index (χ0n) is 11.4. The zero-order valence-corrected chi connectivity index (χ0v) is 12.2. The molecule has 1 fully saturated rings. The Bertz CT molecular complexity index is 625. The second-order valence-corrected chi connectivity index (χ2v) is 4.49. The van der Waals surface area contributed by atoms with E-state index < -0.39 is 11.8 Å². The highest BCUT2D eigenvalue weighted by Crippen LogP contribution is 2.14. The molecular weight excluding hydrogens is 290 g/mol. The summed E-state index contributed by atoms with van der Waals surface area (Å²) in [6.07, 6.45) is 2.95. The fourth-order valence-electron chi connectivity index (χ4n) is 1.70. The van der Waals surface area contributed by atoms with E-state index in [0.29, 0.717) is 5.75 Å². The van der Waals surface area contributed by atoms with E-state index in [1.54, 1.807) is 31.4 Å². The van der Waals surface area contributed by atoms with E-state index in [2.05, 4.69) is 11.7 Å². The molecule has 108 valence electrons. The van der Waals surface area contributed by atoms with E-state index in [-0.39, 0.29) is 11.7 Å². The molecule has 1 aliphatic heterocycles. The first-order valence-corrected chi connectivity index (χ1v) is 6.48. The van der Waals surface area contributed by atoms with Gasteiger partial charge in [0.05, 0.1) is 13.3 Å². The van der Waals surface area contributed by atoms with Crippen molar-refractivity contribution in [2.45, 2.75) is 0 Å². The molecule has 2 rings (SSSR count). The fraction of sp³-hybridized carbons (Fsp3) is 0.143. The Hall–Kier alpha value is -2.54. The number of hydrogen-bond donors (Lipinski definition) is 0. The zero-order chi connectivity index (χ0) is 15.4. The lowest BCUT2D eigenvalue weighted by Crippen LogP contribution is -2.31. The third-order valence-electron chi connectivity index (χ3n) is 2.78. The predicted octanol–water partition coefficient (Wildman–Crippen LogP) is 1.17. The van der Waals surface area contributed by atoms with Crippen LogP contribution in [0.5, 0.6) is 5.75 Å². The van der Waals surface area contributed by atoms with Crippen LogP contribution in [0.3, 0.4) is 0 Å². The van der Waals surface area contributed by atoms with Crippen LogP contribution in [-0.4, -0.2) is 46.7 Å². The summed E-state index contributed by atoms with van der Waals surface area (Å²) in [6, 6.07) is 7.08. The first-order valence-electron chi connectivity index (χ1n) is 6.07. The quantitative estimate of drug-likeness (QED) is 0.354. The SMILES string of the molecule is C=CCN1C(=O)C(=O)N(/N=C/c2ccc(OC)cc2)C1=S. The van der Waals surface area contributed by atoms with Crippen molar-refractivity contribution in [2.24, 2.45) is 5.10 Å². The number of hydrogen-bond acceptors (Lipinski definition) is 5. The number of thiocarbonyl (C=S) groups is 1. The number of hydrazone groups is 1. The van der Waals surface area contributed by atoms with Gasteiger partial charge in [-0.25, -0.2) is 0 Å². The fourth-order valence-corrected chi connectivity index (χ4v) is 1.99. The van der Waals surface area contributed by atoms with Gasteiger partial charge in [0.25, 0.3) is 0 Å². The highest BCUT2D eigenvalue weighted by Gasteiger charge is 2.41. The van der Waals surface area contributed by atoms with Gasteiger partial charge in [0.2, 0.25) is 5.11 Å². The van der Waals surface area contributed by atoms with E-state index in [9.17, 15) is 9.59 Å². The van der Waals surface area contributed by atoms with Gasteiger partial charge in [0.15, 0.2) is 0 Å². The molecular formula is C14H13N3O3S. The first-order chi connectivity index (χ1) is 10.1. The van der Waals surface area contributed by atoms with Crippen molar-refractivity contribution in [1.29, 1.82) is 0 Å². The van der Waals surface area contributed by atoms with Crippen molar-refractivity contribution < 1.29 is 14.3 Å². The molecule has 0 spiro atoms. The van der Waals surface area contributed by atoms with Crippen LogP contribution < -0.4 is 4.74 Å². The average molecular weight is 303 g/mol. The summed E-state index contributed by atoms with van der Waals surface area (Å²) >= 11 is 5.07. The van der Waals surface area contributed by atoms with Gasteiger partial charge in [-0.1, -0.05) is 6.08 Å². The molecule has 1 aromatic rings. The molecule has 0 bridgehead atoms. The maximum absolute atomic E-state index is 11.8. The summed E-state index contributed by atoms with van der Waals surface area (Å²) in [5.41, 5.74) is 0.751. The Labute approximate surface area is 127 Å². The molecule has 0 atom stereocenters. The third kappa shape index (κ3) is 2.97. The molecule has 0 radical (unpaired) electrons. The Balaban J connectivity index is 2.16. The van der Waals surface area contributed by atoms with Gasteiger partial charge >= 0.3 is 11.8 Å². The minimum Gasteiger partial charge on any atom is -0.497 e. The molecule has 1 aliphatic rings. The van der Waals surface area contributed by atoms with Crippen LogP contribution in [0.2, 0.25) is 0 Å². The predicted molar refractivity (Wildman–Crippen MR) is 81.9 cm³/mol. The molecule has 7 heteroatoms. The molecule has 0 unspecified atom stereocenters. The van der Waals surface area contributed by atoms with Crippen molar-refractivity contribution in [3.63, 3.8) is 0 Å². The van der Waals surface area contributed by atoms with E-state index in [4.69, 9.17) is 17.0 Å². The van der Waals surface area contributed by atoms with Crippen molar-refractivity contribution in [2.75, 3.05) is 13.7 Å². The van der Waals surface area contributed by atoms with Crippen LogP contribution in [0.15, 0.2) is 42.0 Å². The second-order valence-electron chi connectivity index (χ2n) is 4.12. The molecule has 0 N–H and O–H groups in total. The molecule has 0 aliphatic carbocycles. The molecule has 0 aromatic heterocycles. The minimum atomic E-state index is -0.772. The van der Waals surface area contributed by atoms with Gasteiger partial charge in [0, 0.05) is 6.54 Å². The number of methoxy groups -OCH3 is 1. The van der Waals surface area contributed by atoms with Crippen LogP contribution in [0.4, 0.5) is 0 Å². The standard InChI is InChI=1S/C14H13N3O3S/c1-3-8-16-12(18)13(19)17(14(16)21)15-9-10-4-6-11(20-2)7-5-10/h3-7,9H,1,8H2,2H3/b15-9+. The van der Waals surface area contributed by atoms with E-state index in [1.807, 2.05) is 0 Å². The lowest BCUT2D eigenvalue weighted by Gasteiger charge is -2.12. The number of ether oxygens (including phenoxy) is 1. The molecule has 1 saturated heterocycles. The monoisotopic (exact) mass is 303 g/mol. The summed E-state index contributed by atoms with van der Waals surface area (Å²) in [6.45, 7) is 3.70. The number of amides is 2. The molecule has 2 amide bonds. The number of rotatable bonds is 5. The Kier molecular flexibility index (Phi) is 4.44. The Morgan fingerprint density at radius 3 is 2.52 bits per heavy atom. The van der Waals surface area contributed by atoms with E-state index >= 15 is 0 Å². The van der Waals surface area contributed by atoms with Crippen LogP contribution in [0.1, 0.15) is 5.56 Å². The van der Waals surface area contributed by atoms with Gasteiger partial charge < -0.3 is 4.74 Å². The molecule has 21 heavy (non-hydrogen) atoms. The van der Waals surface area contributed by atoms with Gasteiger partial charge in [0.1, 0.15) is 5.75 Å². The number of benzene rings is 1. The van der Waals surface area contributed by atoms with Gasteiger partial charge in [-0.2, -0.15) is 10.1 Å². The van der Waals surface area contributed by atoms with Crippen molar-refractivity contribution in [1.82, 2.24) is 9.91 Å². The minimum absolute atomic E-state index is 0.0506. The van der Waals surface area contributed by atoms with Crippen LogP contribution in [-0.2, 0) is 9.59 Å². The molecule has 1 heterocycles. The van der Waals surface area contributed by atoms with Crippen molar-refractivity contribution >= 4 is 35.4 Å². The van der Waals surface area contributed by atoms with Gasteiger partial charge in [-0.05, 0) is 42.0 Å². The maximum atomic E-state index is 11.8. The molecule has 0 saturated carbocycles. The number of nitrogens with zero attached hydrogens (tertiary/aromatic N) is 3. The van der Waals surface area contributed by atoms with Crippen LogP contribution in [0.25, 0.3) is 0 Å². The second kappa shape index (κ2) is 6.27. The highest BCUT2D eigenvalue weighted by atomic mass is 32.1. The van der Waals surface area contributed by atoms with Gasteiger partial charge in [-0.3, -0.25) is 14.5 Å². The summed E-state index contributed by atoms with van der Waals surface area (Å²) < 4.78 is 5.05. The number of carbonyl (C=O) groups excluding carboxylic acids is 2. The summed E-state index contributed by atoms with van der Waals surface area (Å²) in [5, 5.41) is 4.93. The summed E-state index contributed by atoms with van der Waals surface area (Å²) in [4.78, 5) is 24.7. The average Bonchev–Trinajstić information content (AvgIpc) is 2.70. The topological polar surface area (TPSA) is 62.2 Å². The molecule has 6 nitrogen and oxygen atoms in total. The lowest BCUT2D eigenvalue weighted by atomic mass is 10.2. The Morgan fingerprint density at radius 1 is 1.29 bits per heavy atom. The summed E-state index contributed by atoms with van der Waals surface area (Å²) in [5.74, 6) is -0.759. The normalized spacial score (nSPS) is 15.2. The van der Waals surface area contributed by atoms with Crippen LogP contribution >= 0.6 is 12.2 Å². The van der Waals surface area contributed by atoms with Gasteiger partial charge in [-0.15, -0.1) is 6.58 Å². The van der Waals surface area contributed by atoms with Crippen molar-refractivity contribution in [3.05, 3.63) is 42.5 Å². The maximum Gasteiger partial charge on any atom is 0.339 e. The van der Waals surface area contributed by atoms with Crippen LogP contribution in [0, 0.1) is 0 Å². The summed E-state index contributed by atoms with van der Waals surface area (Å²) in [7, 11) is 1.57. The largest absolute Gasteiger partial charge is 0.497 e. The molecule has 1 aromatic carbocycles. The lowest BCUT2D eigenvalue weighted by molar-refractivity contribution is -0.143. The number of carbonyl (C=O) groups is 2. The first kappa shape index (κ1) is 14.9.